The van der Waals surface area contributed by atoms with E-state index < -0.39 is 37.3 Å². The van der Waals surface area contributed by atoms with Crippen molar-refractivity contribution < 1.29 is 34.3 Å². The van der Waals surface area contributed by atoms with Crippen LogP contribution in [0.15, 0.2) is 44.4 Å². The molecule has 4 rings (SSSR count). The van der Waals surface area contributed by atoms with E-state index in [1.807, 2.05) is 0 Å². The number of hydrogen-bond acceptors (Lipinski definition) is 10. The number of ether oxygens (including phenoxy) is 2. The predicted octanol–water partition coefficient (Wildman–Crippen LogP) is 0.0952. The van der Waals surface area contributed by atoms with Crippen LogP contribution < -0.4 is 10.2 Å². The van der Waals surface area contributed by atoms with Crippen molar-refractivity contribution in [3.8, 4) is 17.2 Å². The van der Waals surface area contributed by atoms with Gasteiger partial charge in [0, 0.05) is 17.5 Å². The fraction of sp³-hybridized carbons (Fsp3) is 0.333. The highest BCUT2D eigenvalue weighted by Gasteiger charge is 2.44. The van der Waals surface area contributed by atoms with Crippen LogP contribution in [0.2, 0.25) is 0 Å². The second kappa shape index (κ2) is 7.59. The van der Waals surface area contributed by atoms with Crippen LogP contribution in [0, 0.1) is 0 Å². The van der Waals surface area contributed by atoms with Crippen LogP contribution in [-0.4, -0.2) is 62.7 Å². The van der Waals surface area contributed by atoms with Gasteiger partial charge in [0.05, 0.1) is 17.5 Å². The van der Waals surface area contributed by atoms with Gasteiger partial charge in [-0.3, -0.25) is 4.79 Å². The molecule has 1 aliphatic rings. The van der Waals surface area contributed by atoms with E-state index in [0.717, 1.165) is 0 Å². The van der Waals surface area contributed by atoms with Gasteiger partial charge in [-0.2, -0.15) is 0 Å². The Morgan fingerprint density at radius 3 is 2.68 bits per heavy atom. The molecule has 0 amide bonds. The van der Waals surface area contributed by atoms with Gasteiger partial charge >= 0.3 is 0 Å². The molecule has 4 N–H and O–H groups in total. The van der Waals surface area contributed by atoms with Gasteiger partial charge < -0.3 is 34.3 Å². The number of aromatic nitrogens is 1. The first-order valence-corrected chi connectivity index (χ1v) is 9.36. The highest BCUT2D eigenvalue weighted by atomic mass is 32.1. The van der Waals surface area contributed by atoms with Crippen molar-refractivity contribution in [1.82, 2.24) is 4.98 Å². The van der Waals surface area contributed by atoms with E-state index in [4.69, 9.17) is 13.9 Å². The van der Waals surface area contributed by atoms with Crippen molar-refractivity contribution in [1.29, 1.82) is 0 Å². The average Bonchev–Trinajstić information content (AvgIpc) is 3.23. The zero-order valence-electron chi connectivity index (χ0n) is 14.3. The summed E-state index contributed by atoms with van der Waals surface area (Å²) >= 11 is 1.37. The molecule has 1 aliphatic heterocycles. The Hall–Kier alpha value is -2.34. The van der Waals surface area contributed by atoms with E-state index in [1.165, 1.54) is 35.6 Å². The summed E-state index contributed by atoms with van der Waals surface area (Å²) in [6.45, 7) is -0.561. The summed E-state index contributed by atoms with van der Waals surface area (Å²) < 4.78 is 16.6. The van der Waals surface area contributed by atoms with Crippen molar-refractivity contribution in [3.63, 3.8) is 0 Å². The molecule has 3 aromatic rings. The quantitative estimate of drug-likeness (QED) is 0.473. The first-order valence-electron chi connectivity index (χ1n) is 8.41. The molecule has 9 nitrogen and oxygen atoms in total. The van der Waals surface area contributed by atoms with Crippen molar-refractivity contribution in [3.05, 3.63) is 45.4 Å². The van der Waals surface area contributed by atoms with Crippen LogP contribution >= 0.6 is 11.3 Å². The number of fused-ring (bicyclic) bond motifs is 1. The lowest BCUT2D eigenvalue weighted by atomic mass is 9.99. The smallest absolute Gasteiger partial charge is 0.229 e. The van der Waals surface area contributed by atoms with E-state index >= 15 is 0 Å². The summed E-state index contributed by atoms with van der Waals surface area (Å²) in [5.41, 5.74) is 2.16. The Bertz CT molecular complexity index is 1020. The summed E-state index contributed by atoms with van der Waals surface area (Å²) in [6.07, 6.45) is -6.98. The molecular weight excluding hydrogens is 390 g/mol. The van der Waals surface area contributed by atoms with Crippen LogP contribution in [0.25, 0.3) is 22.4 Å². The highest BCUT2D eigenvalue weighted by molar-refractivity contribution is 7.07. The van der Waals surface area contributed by atoms with Gasteiger partial charge in [-0.05, 0) is 12.1 Å². The zero-order chi connectivity index (χ0) is 19.8. The first kappa shape index (κ1) is 19.0. The summed E-state index contributed by atoms with van der Waals surface area (Å²) in [6, 6.07) is 5.80. The second-order valence-corrected chi connectivity index (χ2v) is 7.04. The highest BCUT2D eigenvalue weighted by Crippen LogP contribution is 2.28. The normalized spacial score (nSPS) is 27.8. The van der Waals surface area contributed by atoms with E-state index in [1.54, 1.807) is 10.9 Å². The van der Waals surface area contributed by atoms with Crippen molar-refractivity contribution in [2.24, 2.45) is 0 Å². The standard InChI is InChI=1S/C18H17NO8S/c20-5-14-15(22)16(23)17(24)18(27-14)25-8-1-2-9-11(21)4-13(26-12(9)3-8)10-6-28-7-19-10/h1-4,6-7,14-18,20,22-24H,5H2/t14-,15-,16+,17-,18+/m0/s1. The number of aliphatic hydroxyl groups excluding tert-OH is 4. The lowest BCUT2D eigenvalue weighted by Crippen LogP contribution is -2.60. The number of thiazole rings is 1. The topological polar surface area (TPSA) is 142 Å². The van der Waals surface area contributed by atoms with Gasteiger partial charge in [-0.25, -0.2) is 4.98 Å². The van der Waals surface area contributed by atoms with Gasteiger partial charge in [0.2, 0.25) is 6.29 Å². The van der Waals surface area contributed by atoms with E-state index in [9.17, 15) is 25.2 Å². The maximum atomic E-state index is 12.3. The van der Waals surface area contributed by atoms with Crippen LogP contribution in [-0.2, 0) is 4.74 Å². The monoisotopic (exact) mass is 407 g/mol. The summed E-state index contributed by atoms with van der Waals surface area (Å²) in [7, 11) is 0. The van der Waals surface area contributed by atoms with Crippen LogP contribution in [0.3, 0.4) is 0 Å². The lowest BCUT2D eigenvalue weighted by molar-refractivity contribution is -0.277. The minimum atomic E-state index is -1.55. The van der Waals surface area contributed by atoms with Crippen molar-refractivity contribution in [2.45, 2.75) is 30.7 Å². The summed E-state index contributed by atoms with van der Waals surface area (Å²) in [5.74, 6) is 0.513. The third-order valence-electron chi connectivity index (χ3n) is 4.49. The minimum Gasteiger partial charge on any atom is -0.462 e. The third-order valence-corrected chi connectivity index (χ3v) is 5.07. The third kappa shape index (κ3) is 3.41. The maximum Gasteiger partial charge on any atom is 0.229 e. The fourth-order valence-corrected chi connectivity index (χ4v) is 3.51. The number of nitrogens with zero attached hydrogens (tertiary/aromatic N) is 1. The molecule has 1 aromatic carbocycles. The van der Waals surface area contributed by atoms with Gasteiger partial charge in [0.25, 0.3) is 0 Å². The van der Waals surface area contributed by atoms with Crippen LogP contribution in [0.1, 0.15) is 0 Å². The van der Waals surface area contributed by atoms with Crippen LogP contribution in [0.4, 0.5) is 0 Å². The van der Waals surface area contributed by atoms with Crippen LogP contribution in [0.5, 0.6) is 5.75 Å². The maximum absolute atomic E-state index is 12.3. The molecule has 0 unspecified atom stereocenters. The van der Waals surface area contributed by atoms with E-state index in [0.29, 0.717) is 16.8 Å². The van der Waals surface area contributed by atoms with Gasteiger partial charge in [-0.1, -0.05) is 0 Å². The largest absolute Gasteiger partial charge is 0.462 e. The number of hydrogen-bond donors (Lipinski definition) is 4. The Kier molecular flexibility index (Phi) is 5.15. The number of rotatable bonds is 4. The first-order chi connectivity index (χ1) is 13.5. The van der Waals surface area contributed by atoms with Crippen molar-refractivity contribution >= 4 is 22.3 Å². The van der Waals surface area contributed by atoms with E-state index in [-0.39, 0.29) is 16.8 Å². The molecule has 5 atom stereocenters. The number of aliphatic hydroxyl groups is 4. The summed E-state index contributed by atoms with van der Waals surface area (Å²) in [5, 5.41) is 41.1. The molecular formula is C18H17NO8S. The van der Waals surface area contributed by atoms with Gasteiger partial charge in [0.1, 0.15) is 41.4 Å². The Morgan fingerprint density at radius 1 is 1.14 bits per heavy atom. The predicted molar refractivity (Wildman–Crippen MR) is 98.0 cm³/mol. The summed E-state index contributed by atoms with van der Waals surface area (Å²) in [4.78, 5) is 16.5. The Labute approximate surface area is 162 Å². The van der Waals surface area contributed by atoms with E-state index in [2.05, 4.69) is 4.98 Å². The molecule has 28 heavy (non-hydrogen) atoms. The molecule has 0 radical (unpaired) electrons. The SMILES string of the molecule is O=c1cc(-c2cscn2)oc2cc(O[C@@H]3O[C@@H](CO)[C@H](O)[C@@H](O)[C@@H]3O)ccc12. The minimum absolute atomic E-state index is 0.204. The van der Waals surface area contributed by atoms with Gasteiger partial charge in [0.15, 0.2) is 11.2 Å². The molecule has 0 bridgehead atoms. The molecule has 2 aromatic heterocycles. The fourth-order valence-electron chi connectivity index (χ4n) is 2.97. The Morgan fingerprint density at radius 2 is 1.96 bits per heavy atom. The van der Waals surface area contributed by atoms with Gasteiger partial charge in [-0.15, -0.1) is 11.3 Å². The molecule has 148 valence electrons. The number of benzene rings is 1. The molecule has 0 spiro atoms. The molecule has 1 fully saturated rings. The molecule has 10 heteroatoms. The lowest BCUT2D eigenvalue weighted by Gasteiger charge is -2.39. The Balaban J connectivity index is 1.65. The van der Waals surface area contributed by atoms with Crippen molar-refractivity contribution in [2.75, 3.05) is 6.61 Å². The molecule has 0 aliphatic carbocycles. The molecule has 3 heterocycles. The molecule has 0 saturated carbocycles. The average molecular weight is 407 g/mol. The molecule has 1 saturated heterocycles. The second-order valence-electron chi connectivity index (χ2n) is 6.32. The zero-order valence-corrected chi connectivity index (χ0v) is 15.2.